The number of aromatic nitrogens is 4. The fraction of sp³-hybridized carbons (Fsp3) is 0.300. The summed E-state index contributed by atoms with van der Waals surface area (Å²) in [6, 6.07) is 11.8. The van der Waals surface area contributed by atoms with E-state index in [0.717, 1.165) is 17.0 Å². The van der Waals surface area contributed by atoms with Crippen molar-refractivity contribution in [3.63, 3.8) is 0 Å². The van der Waals surface area contributed by atoms with Gasteiger partial charge in [0.05, 0.1) is 18.1 Å². The summed E-state index contributed by atoms with van der Waals surface area (Å²) in [7, 11) is 0. The van der Waals surface area contributed by atoms with Crippen LogP contribution in [0.2, 0.25) is 0 Å². The fourth-order valence-electron chi connectivity index (χ4n) is 2.69. The predicted molar refractivity (Wildman–Crippen MR) is 103 cm³/mol. The van der Waals surface area contributed by atoms with Gasteiger partial charge in [0.25, 0.3) is 0 Å². The average Bonchev–Trinajstić information content (AvgIpc) is 3.03. The molecule has 0 radical (unpaired) electrons. The maximum absolute atomic E-state index is 9.04. The second-order valence-corrected chi connectivity index (χ2v) is 6.25. The zero-order valence-electron chi connectivity index (χ0n) is 15.7. The lowest BCUT2D eigenvalue weighted by molar-refractivity contribution is 0.251. The lowest BCUT2D eigenvalue weighted by Crippen LogP contribution is -2.12. The monoisotopic (exact) mass is 362 g/mol. The van der Waals surface area contributed by atoms with Gasteiger partial charge in [0.1, 0.15) is 17.6 Å². The van der Waals surface area contributed by atoms with Crippen molar-refractivity contribution in [2.24, 2.45) is 0 Å². The van der Waals surface area contributed by atoms with E-state index in [2.05, 4.69) is 26.5 Å². The van der Waals surface area contributed by atoms with Gasteiger partial charge in [0.15, 0.2) is 11.9 Å². The predicted octanol–water partition coefficient (Wildman–Crippen LogP) is 3.57. The van der Waals surface area contributed by atoms with Crippen molar-refractivity contribution >= 4 is 5.82 Å². The normalized spacial score (nSPS) is 11.6. The summed E-state index contributed by atoms with van der Waals surface area (Å²) in [6.07, 6.45) is 3.58. The molecule has 27 heavy (non-hydrogen) atoms. The minimum Gasteiger partial charge on any atom is -0.476 e. The molecule has 1 N–H and O–H groups in total. The van der Waals surface area contributed by atoms with Gasteiger partial charge in [0.2, 0.25) is 0 Å². The molecule has 0 bridgehead atoms. The van der Waals surface area contributed by atoms with E-state index in [-0.39, 0.29) is 0 Å². The summed E-state index contributed by atoms with van der Waals surface area (Å²) in [4.78, 5) is 8.84. The number of rotatable bonds is 7. The maximum Gasteiger partial charge on any atom is 0.184 e. The third kappa shape index (κ3) is 4.61. The minimum absolute atomic E-state index is 0.434. The Kier molecular flexibility index (Phi) is 5.67. The first kappa shape index (κ1) is 18.4. The molecule has 0 saturated carbocycles. The molecule has 2 heterocycles. The van der Waals surface area contributed by atoms with Crippen LogP contribution in [0.3, 0.4) is 0 Å². The standard InChI is InChI=1S/C20H22N6O/c1-4-17(10-21)27-18-7-5-6-16(9-18)11-23-19-12-22-13-20(24-19)26-15(3)8-14(2)25-26/h5-9,12-13,17H,4,11H2,1-3H3,(H,23,24). The van der Waals surface area contributed by atoms with E-state index in [4.69, 9.17) is 10.00 Å². The average molecular weight is 362 g/mol. The van der Waals surface area contributed by atoms with Crippen LogP contribution in [0.15, 0.2) is 42.7 Å². The number of hydrogen-bond donors (Lipinski definition) is 1. The molecule has 7 heteroatoms. The topological polar surface area (TPSA) is 88.6 Å². The van der Waals surface area contributed by atoms with Crippen molar-refractivity contribution in [2.45, 2.75) is 39.8 Å². The first-order valence-corrected chi connectivity index (χ1v) is 8.84. The van der Waals surface area contributed by atoms with Crippen molar-refractivity contribution in [1.82, 2.24) is 19.7 Å². The molecule has 0 spiro atoms. The van der Waals surface area contributed by atoms with E-state index in [1.165, 1.54) is 0 Å². The zero-order valence-corrected chi connectivity index (χ0v) is 15.7. The first-order valence-electron chi connectivity index (χ1n) is 8.84. The SMILES string of the molecule is CCC(C#N)Oc1cccc(CNc2cncc(-n3nc(C)cc3C)n2)c1. The highest BCUT2D eigenvalue weighted by Crippen LogP contribution is 2.17. The van der Waals surface area contributed by atoms with E-state index in [1.54, 1.807) is 17.1 Å². The molecule has 3 rings (SSSR count). The number of aryl methyl sites for hydroxylation is 2. The molecule has 1 unspecified atom stereocenters. The van der Waals surface area contributed by atoms with Gasteiger partial charge in [0, 0.05) is 12.2 Å². The second-order valence-electron chi connectivity index (χ2n) is 6.25. The van der Waals surface area contributed by atoms with Crippen molar-refractivity contribution in [3.8, 4) is 17.6 Å². The van der Waals surface area contributed by atoms with Crippen LogP contribution in [0.25, 0.3) is 5.82 Å². The van der Waals surface area contributed by atoms with Crippen LogP contribution in [-0.2, 0) is 6.54 Å². The number of benzene rings is 1. The lowest BCUT2D eigenvalue weighted by atomic mass is 10.2. The highest BCUT2D eigenvalue weighted by Gasteiger charge is 2.08. The van der Waals surface area contributed by atoms with E-state index >= 15 is 0 Å². The highest BCUT2D eigenvalue weighted by atomic mass is 16.5. The number of ether oxygens (including phenoxy) is 1. The molecular formula is C20H22N6O. The molecule has 1 atom stereocenters. The number of anilines is 1. The molecule has 0 amide bonds. The number of nitrogens with zero attached hydrogens (tertiary/aromatic N) is 5. The lowest BCUT2D eigenvalue weighted by Gasteiger charge is -2.12. The maximum atomic E-state index is 9.04. The van der Waals surface area contributed by atoms with Crippen LogP contribution in [0.4, 0.5) is 5.82 Å². The van der Waals surface area contributed by atoms with Gasteiger partial charge >= 0.3 is 0 Å². The van der Waals surface area contributed by atoms with E-state index < -0.39 is 6.10 Å². The molecular weight excluding hydrogens is 340 g/mol. The smallest absolute Gasteiger partial charge is 0.184 e. The first-order chi connectivity index (χ1) is 13.1. The third-order valence-corrected chi connectivity index (χ3v) is 4.01. The molecule has 0 saturated heterocycles. The summed E-state index contributed by atoms with van der Waals surface area (Å²) < 4.78 is 7.44. The van der Waals surface area contributed by atoms with Crippen LogP contribution >= 0.6 is 0 Å². The van der Waals surface area contributed by atoms with Crippen LogP contribution in [0.1, 0.15) is 30.3 Å². The minimum atomic E-state index is -0.434. The Morgan fingerprint density at radius 3 is 2.81 bits per heavy atom. The highest BCUT2D eigenvalue weighted by molar-refractivity contribution is 5.38. The van der Waals surface area contributed by atoms with Gasteiger partial charge in [-0.3, -0.25) is 4.98 Å². The Labute approximate surface area is 158 Å². The Morgan fingerprint density at radius 2 is 2.11 bits per heavy atom. The summed E-state index contributed by atoms with van der Waals surface area (Å²) in [5, 5.41) is 16.7. The molecule has 7 nitrogen and oxygen atoms in total. The van der Waals surface area contributed by atoms with Crippen LogP contribution in [0, 0.1) is 25.2 Å². The molecule has 1 aromatic carbocycles. The van der Waals surface area contributed by atoms with E-state index in [0.29, 0.717) is 30.4 Å². The Hall–Kier alpha value is -3.40. The molecule has 0 aliphatic rings. The molecule has 0 fully saturated rings. The summed E-state index contributed by atoms with van der Waals surface area (Å²) in [5.41, 5.74) is 2.97. The number of nitriles is 1. The largest absolute Gasteiger partial charge is 0.476 e. The zero-order chi connectivity index (χ0) is 19.2. The van der Waals surface area contributed by atoms with Gasteiger partial charge in [-0.25, -0.2) is 9.67 Å². The molecule has 138 valence electrons. The fourth-order valence-corrected chi connectivity index (χ4v) is 2.69. The van der Waals surface area contributed by atoms with Gasteiger partial charge in [-0.15, -0.1) is 0 Å². The quantitative estimate of drug-likeness (QED) is 0.691. The number of nitrogens with one attached hydrogen (secondary N) is 1. The molecule has 0 aliphatic heterocycles. The third-order valence-electron chi connectivity index (χ3n) is 4.01. The molecule has 0 aliphatic carbocycles. The van der Waals surface area contributed by atoms with Crippen LogP contribution in [0.5, 0.6) is 5.75 Å². The van der Waals surface area contributed by atoms with E-state index in [9.17, 15) is 0 Å². The van der Waals surface area contributed by atoms with Crippen LogP contribution < -0.4 is 10.1 Å². The Bertz CT molecular complexity index is 959. The molecule has 3 aromatic rings. The van der Waals surface area contributed by atoms with Crippen molar-refractivity contribution in [1.29, 1.82) is 5.26 Å². The second kappa shape index (κ2) is 8.32. The van der Waals surface area contributed by atoms with Crippen LogP contribution in [-0.4, -0.2) is 25.9 Å². The Balaban J connectivity index is 1.70. The van der Waals surface area contributed by atoms with E-state index in [1.807, 2.05) is 51.1 Å². The summed E-state index contributed by atoms with van der Waals surface area (Å²) in [5.74, 6) is 2.02. The Morgan fingerprint density at radius 1 is 1.26 bits per heavy atom. The van der Waals surface area contributed by atoms with Gasteiger partial charge in [-0.05, 0) is 44.0 Å². The van der Waals surface area contributed by atoms with Gasteiger partial charge in [-0.2, -0.15) is 10.4 Å². The molecule has 2 aromatic heterocycles. The summed E-state index contributed by atoms with van der Waals surface area (Å²) in [6.45, 7) is 6.42. The summed E-state index contributed by atoms with van der Waals surface area (Å²) >= 11 is 0. The van der Waals surface area contributed by atoms with Crippen molar-refractivity contribution in [3.05, 3.63) is 59.7 Å². The van der Waals surface area contributed by atoms with Crippen molar-refractivity contribution in [2.75, 3.05) is 5.32 Å². The van der Waals surface area contributed by atoms with Gasteiger partial charge in [-0.1, -0.05) is 19.1 Å². The van der Waals surface area contributed by atoms with Crippen molar-refractivity contribution < 1.29 is 4.74 Å². The van der Waals surface area contributed by atoms with Gasteiger partial charge < -0.3 is 10.1 Å². The number of hydrogen-bond acceptors (Lipinski definition) is 6.